The van der Waals surface area contributed by atoms with Crippen LogP contribution in [-0.4, -0.2) is 46.6 Å². The first-order chi connectivity index (χ1) is 9.06. The van der Waals surface area contributed by atoms with Crippen LogP contribution in [0.3, 0.4) is 0 Å². The van der Waals surface area contributed by atoms with Gasteiger partial charge in [-0.15, -0.1) is 0 Å². The largest absolute Gasteiger partial charge is 0.478 e. The first kappa shape index (κ1) is 13.6. The average molecular weight is 264 g/mol. The van der Waals surface area contributed by atoms with Crippen LogP contribution in [0.1, 0.15) is 30.1 Å². The third-order valence-electron chi connectivity index (χ3n) is 3.28. The highest BCUT2D eigenvalue weighted by molar-refractivity contribution is 5.89. The summed E-state index contributed by atoms with van der Waals surface area (Å²) in [5.74, 6) is -0.465. The van der Waals surface area contributed by atoms with Crippen molar-refractivity contribution in [3.8, 4) is 0 Å². The minimum atomic E-state index is -1.02. The molecule has 0 aromatic carbocycles. The van der Waals surface area contributed by atoms with E-state index in [1.807, 2.05) is 0 Å². The summed E-state index contributed by atoms with van der Waals surface area (Å²) in [6, 6.07) is 1.66. The molecule has 1 fully saturated rings. The molecular weight excluding hydrogens is 244 g/mol. The highest BCUT2D eigenvalue weighted by Crippen LogP contribution is 2.18. The maximum atomic E-state index is 10.8. The molecule has 19 heavy (non-hydrogen) atoms. The minimum absolute atomic E-state index is 0.107. The van der Waals surface area contributed by atoms with E-state index < -0.39 is 5.97 Å². The van der Waals surface area contributed by atoms with E-state index in [-0.39, 0.29) is 11.6 Å². The Morgan fingerprint density at radius 1 is 1.58 bits per heavy atom. The van der Waals surface area contributed by atoms with Crippen molar-refractivity contribution in [2.24, 2.45) is 0 Å². The van der Waals surface area contributed by atoms with Crippen molar-refractivity contribution in [1.29, 1.82) is 0 Å². The van der Waals surface area contributed by atoms with E-state index in [1.165, 1.54) is 25.1 Å². The molecule has 0 amide bonds. The van der Waals surface area contributed by atoms with Crippen LogP contribution in [0.15, 0.2) is 12.3 Å². The summed E-state index contributed by atoms with van der Waals surface area (Å²) in [6.45, 7) is 5.31. The standard InChI is InChI=1S/C13H20N4O2/c1-9(8-17-4-2-3-5-17)16-12-11(14)6-10(7-15-12)13(18)19/h6-7,9H,2-5,8,14H2,1H3,(H,15,16)(H,18,19). The molecule has 1 aromatic heterocycles. The van der Waals surface area contributed by atoms with Crippen LogP contribution in [0, 0.1) is 0 Å². The van der Waals surface area contributed by atoms with E-state index in [9.17, 15) is 4.79 Å². The maximum absolute atomic E-state index is 10.8. The molecule has 1 aromatic rings. The zero-order chi connectivity index (χ0) is 13.8. The fourth-order valence-corrected chi connectivity index (χ4v) is 2.35. The summed E-state index contributed by atoms with van der Waals surface area (Å²) >= 11 is 0. The van der Waals surface area contributed by atoms with Crippen molar-refractivity contribution >= 4 is 17.5 Å². The number of carbonyl (C=O) groups is 1. The van der Waals surface area contributed by atoms with Gasteiger partial charge in [0.1, 0.15) is 5.82 Å². The fourth-order valence-electron chi connectivity index (χ4n) is 2.35. The molecule has 2 rings (SSSR count). The number of nitrogens with zero attached hydrogens (tertiary/aromatic N) is 2. The van der Waals surface area contributed by atoms with Crippen molar-refractivity contribution in [3.63, 3.8) is 0 Å². The Hall–Kier alpha value is -1.82. The molecular formula is C13H20N4O2. The lowest BCUT2D eigenvalue weighted by Gasteiger charge is -2.22. The number of aromatic carboxylic acids is 1. The predicted molar refractivity (Wildman–Crippen MR) is 74.4 cm³/mol. The number of likely N-dealkylation sites (tertiary alicyclic amines) is 1. The first-order valence-corrected chi connectivity index (χ1v) is 6.54. The van der Waals surface area contributed by atoms with Crippen molar-refractivity contribution < 1.29 is 9.90 Å². The van der Waals surface area contributed by atoms with Crippen LogP contribution in [0.25, 0.3) is 0 Å². The van der Waals surface area contributed by atoms with Crippen molar-refractivity contribution in [2.45, 2.75) is 25.8 Å². The molecule has 1 aliphatic heterocycles. The predicted octanol–water partition coefficient (Wildman–Crippen LogP) is 1.26. The van der Waals surface area contributed by atoms with Gasteiger partial charge in [0, 0.05) is 18.8 Å². The second kappa shape index (κ2) is 5.88. The van der Waals surface area contributed by atoms with E-state index in [1.54, 1.807) is 0 Å². The number of anilines is 2. The smallest absolute Gasteiger partial charge is 0.337 e. The van der Waals surface area contributed by atoms with Crippen LogP contribution in [0.2, 0.25) is 0 Å². The van der Waals surface area contributed by atoms with Gasteiger partial charge in [-0.1, -0.05) is 0 Å². The fraction of sp³-hybridized carbons (Fsp3) is 0.538. The van der Waals surface area contributed by atoms with E-state index >= 15 is 0 Å². The molecule has 0 aliphatic carbocycles. The summed E-state index contributed by atoms with van der Waals surface area (Å²) in [4.78, 5) is 17.3. The molecule has 1 saturated heterocycles. The number of carboxylic acid groups (broad SMARTS) is 1. The number of nitrogens with one attached hydrogen (secondary N) is 1. The van der Waals surface area contributed by atoms with Gasteiger partial charge in [0.25, 0.3) is 0 Å². The second-order valence-corrected chi connectivity index (χ2v) is 5.02. The highest BCUT2D eigenvalue weighted by atomic mass is 16.4. The van der Waals surface area contributed by atoms with Gasteiger partial charge in [0.15, 0.2) is 0 Å². The highest BCUT2D eigenvalue weighted by Gasteiger charge is 2.16. The molecule has 0 bridgehead atoms. The van der Waals surface area contributed by atoms with Crippen LogP contribution >= 0.6 is 0 Å². The van der Waals surface area contributed by atoms with Gasteiger partial charge in [0.2, 0.25) is 0 Å². The number of rotatable bonds is 5. The zero-order valence-electron chi connectivity index (χ0n) is 11.1. The molecule has 0 saturated carbocycles. The van der Waals surface area contributed by atoms with Crippen LogP contribution < -0.4 is 11.1 Å². The zero-order valence-corrected chi connectivity index (χ0v) is 11.1. The number of nitrogens with two attached hydrogens (primary N) is 1. The molecule has 6 nitrogen and oxygen atoms in total. The minimum Gasteiger partial charge on any atom is -0.478 e. The molecule has 104 valence electrons. The lowest BCUT2D eigenvalue weighted by molar-refractivity contribution is 0.0696. The molecule has 1 atom stereocenters. The van der Waals surface area contributed by atoms with Crippen molar-refractivity contribution in [3.05, 3.63) is 17.8 Å². The number of pyridine rings is 1. The third kappa shape index (κ3) is 3.57. The SMILES string of the molecule is CC(CN1CCCC1)Nc1ncc(C(=O)O)cc1N. The molecule has 0 radical (unpaired) electrons. The molecule has 4 N–H and O–H groups in total. The van der Waals surface area contributed by atoms with E-state index in [0.717, 1.165) is 19.6 Å². The van der Waals surface area contributed by atoms with Gasteiger partial charge in [-0.3, -0.25) is 0 Å². The van der Waals surface area contributed by atoms with E-state index in [4.69, 9.17) is 10.8 Å². The van der Waals surface area contributed by atoms with Gasteiger partial charge < -0.3 is 21.1 Å². The summed E-state index contributed by atoms with van der Waals surface area (Å²) in [7, 11) is 0. The summed E-state index contributed by atoms with van der Waals surface area (Å²) in [5.41, 5.74) is 6.29. The monoisotopic (exact) mass is 264 g/mol. The Morgan fingerprint density at radius 2 is 2.26 bits per heavy atom. The number of nitrogen functional groups attached to an aromatic ring is 1. The summed E-state index contributed by atoms with van der Waals surface area (Å²) < 4.78 is 0. The Labute approximate surface area is 112 Å². The van der Waals surface area contributed by atoms with Crippen molar-refractivity contribution in [1.82, 2.24) is 9.88 Å². The van der Waals surface area contributed by atoms with Gasteiger partial charge in [-0.2, -0.15) is 0 Å². The molecule has 6 heteroatoms. The Kier molecular flexibility index (Phi) is 4.21. The lowest BCUT2D eigenvalue weighted by atomic mass is 10.2. The Morgan fingerprint density at radius 3 is 2.84 bits per heavy atom. The van der Waals surface area contributed by atoms with Crippen molar-refractivity contribution in [2.75, 3.05) is 30.7 Å². The summed E-state index contributed by atoms with van der Waals surface area (Å²) in [5, 5.41) is 12.1. The van der Waals surface area contributed by atoms with E-state index in [0.29, 0.717) is 11.5 Å². The first-order valence-electron chi connectivity index (χ1n) is 6.54. The summed E-state index contributed by atoms with van der Waals surface area (Å²) in [6.07, 6.45) is 3.85. The van der Waals surface area contributed by atoms with Gasteiger partial charge in [0.05, 0.1) is 11.3 Å². The van der Waals surface area contributed by atoms with Crippen LogP contribution in [-0.2, 0) is 0 Å². The second-order valence-electron chi connectivity index (χ2n) is 5.02. The quantitative estimate of drug-likeness (QED) is 0.741. The average Bonchev–Trinajstić information content (AvgIpc) is 2.84. The molecule has 1 aliphatic rings. The maximum Gasteiger partial charge on any atom is 0.337 e. The molecule has 2 heterocycles. The number of hydrogen-bond acceptors (Lipinski definition) is 5. The van der Waals surface area contributed by atoms with Crippen LogP contribution in [0.5, 0.6) is 0 Å². The third-order valence-corrected chi connectivity index (χ3v) is 3.28. The normalized spacial score (nSPS) is 17.3. The molecule has 0 spiro atoms. The number of hydrogen-bond donors (Lipinski definition) is 3. The number of carboxylic acids is 1. The molecule has 1 unspecified atom stereocenters. The van der Waals surface area contributed by atoms with Crippen LogP contribution in [0.4, 0.5) is 11.5 Å². The lowest BCUT2D eigenvalue weighted by Crippen LogP contribution is -2.33. The van der Waals surface area contributed by atoms with Gasteiger partial charge in [-0.25, -0.2) is 9.78 Å². The van der Waals surface area contributed by atoms with Gasteiger partial charge in [-0.05, 0) is 38.9 Å². The Bertz CT molecular complexity index is 458. The number of aromatic nitrogens is 1. The Balaban J connectivity index is 1.96. The van der Waals surface area contributed by atoms with E-state index in [2.05, 4.69) is 22.1 Å². The van der Waals surface area contributed by atoms with Gasteiger partial charge >= 0.3 is 5.97 Å². The topological polar surface area (TPSA) is 91.5 Å².